The van der Waals surface area contributed by atoms with Crippen LogP contribution < -0.4 is 15.5 Å². The summed E-state index contributed by atoms with van der Waals surface area (Å²) in [6.07, 6.45) is 4.88. The maximum absolute atomic E-state index is 13.4. The maximum Gasteiger partial charge on any atom is 0.245 e. The molecule has 1 atom stereocenters. The summed E-state index contributed by atoms with van der Waals surface area (Å²) in [5, 5.41) is 5.66. The number of nitrogens with zero attached hydrogens (tertiary/aromatic N) is 4. The summed E-state index contributed by atoms with van der Waals surface area (Å²) in [6, 6.07) is 10.7. The van der Waals surface area contributed by atoms with E-state index in [1.807, 2.05) is 36.1 Å². The van der Waals surface area contributed by atoms with Gasteiger partial charge in [-0.3, -0.25) is 19.4 Å². The first-order valence-electron chi connectivity index (χ1n) is 12.0. The van der Waals surface area contributed by atoms with Gasteiger partial charge in [0.25, 0.3) is 0 Å². The van der Waals surface area contributed by atoms with Crippen molar-refractivity contribution in [2.45, 2.75) is 38.6 Å². The van der Waals surface area contributed by atoms with E-state index in [-0.39, 0.29) is 24.1 Å². The van der Waals surface area contributed by atoms with E-state index in [1.54, 1.807) is 18.3 Å². The minimum atomic E-state index is -0.620. The molecule has 0 saturated carbocycles. The topological polar surface area (TPSA) is 108 Å². The molecule has 9 heteroatoms. The van der Waals surface area contributed by atoms with E-state index in [9.17, 15) is 14.4 Å². The summed E-state index contributed by atoms with van der Waals surface area (Å²) in [5.74, 6) is 0.386. The van der Waals surface area contributed by atoms with E-state index in [0.29, 0.717) is 57.7 Å². The highest BCUT2D eigenvalue weighted by molar-refractivity contribution is 5.88. The number of carbonyl (C=O) groups is 3. The average molecular weight is 479 g/mol. The molecule has 2 aromatic heterocycles. The van der Waals surface area contributed by atoms with Crippen LogP contribution in [0.5, 0.6) is 0 Å². The molecule has 0 spiro atoms. The van der Waals surface area contributed by atoms with Crippen LogP contribution >= 0.6 is 0 Å². The minimum Gasteiger partial charge on any atom is -0.353 e. The summed E-state index contributed by atoms with van der Waals surface area (Å²) < 4.78 is 0. The van der Waals surface area contributed by atoms with Crippen molar-refractivity contribution in [2.75, 3.05) is 37.6 Å². The number of piperazine rings is 1. The molecule has 2 N–H and O–H groups in total. The van der Waals surface area contributed by atoms with Gasteiger partial charge >= 0.3 is 0 Å². The number of unbranched alkanes of at least 4 members (excludes halogenated alkanes) is 1. The molecule has 1 fully saturated rings. The zero-order valence-corrected chi connectivity index (χ0v) is 20.3. The standard InChI is InChI=1S/C26H34N6O3/c1-3-24(33)28-14-7-5-11-22(30-25(34)19-21-10-4-6-13-27-21)26(35)32-17-15-31(16-18-32)23-12-8-9-20(2)29-23/h3-4,6,8-10,12-13,22H,1,5,7,11,14-19H2,2H3,(H,28,33)(H,30,34). The van der Waals surface area contributed by atoms with Crippen molar-refractivity contribution in [3.8, 4) is 0 Å². The number of carbonyl (C=O) groups excluding carboxylic acids is 3. The van der Waals surface area contributed by atoms with Gasteiger partial charge in [0.05, 0.1) is 6.42 Å². The second kappa shape index (κ2) is 13.2. The Morgan fingerprint density at radius 1 is 1.09 bits per heavy atom. The SMILES string of the molecule is C=CC(=O)NCCCCC(NC(=O)Cc1ccccn1)C(=O)N1CCN(c2cccc(C)n2)CC1. The number of aromatic nitrogens is 2. The molecule has 1 aliphatic heterocycles. The van der Waals surface area contributed by atoms with Gasteiger partial charge in [0, 0.05) is 50.3 Å². The van der Waals surface area contributed by atoms with Crippen LogP contribution in [-0.4, -0.2) is 71.4 Å². The molecule has 0 aromatic carbocycles. The normalized spacial score (nSPS) is 14.2. The molecule has 0 radical (unpaired) electrons. The van der Waals surface area contributed by atoms with E-state index in [4.69, 9.17) is 0 Å². The Kier molecular flexibility index (Phi) is 9.77. The Labute approximate surface area is 206 Å². The summed E-state index contributed by atoms with van der Waals surface area (Å²) in [7, 11) is 0. The fraction of sp³-hybridized carbons (Fsp3) is 0.423. The van der Waals surface area contributed by atoms with Crippen molar-refractivity contribution < 1.29 is 14.4 Å². The van der Waals surface area contributed by atoms with Crippen LogP contribution in [-0.2, 0) is 20.8 Å². The molecule has 35 heavy (non-hydrogen) atoms. The lowest BCUT2D eigenvalue weighted by molar-refractivity contribution is -0.136. The van der Waals surface area contributed by atoms with Crippen molar-refractivity contribution >= 4 is 23.5 Å². The van der Waals surface area contributed by atoms with E-state index >= 15 is 0 Å². The third-order valence-electron chi connectivity index (χ3n) is 5.89. The number of pyridine rings is 2. The van der Waals surface area contributed by atoms with Gasteiger partial charge in [-0.15, -0.1) is 0 Å². The highest BCUT2D eigenvalue weighted by Crippen LogP contribution is 2.15. The van der Waals surface area contributed by atoms with Crippen LogP contribution in [0, 0.1) is 6.92 Å². The average Bonchev–Trinajstić information content (AvgIpc) is 2.88. The monoisotopic (exact) mass is 478 g/mol. The first-order valence-corrected chi connectivity index (χ1v) is 12.0. The van der Waals surface area contributed by atoms with Gasteiger partial charge in [-0.2, -0.15) is 0 Å². The fourth-order valence-corrected chi connectivity index (χ4v) is 4.01. The number of hydrogen-bond donors (Lipinski definition) is 2. The first kappa shape index (κ1) is 25.9. The number of anilines is 1. The molecule has 2 aromatic rings. The second-order valence-corrected chi connectivity index (χ2v) is 8.56. The maximum atomic E-state index is 13.4. The van der Waals surface area contributed by atoms with Crippen LogP contribution in [0.25, 0.3) is 0 Å². The lowest BCUT2D eigenvalue weighted by atomic mass is 10.1. The molecule has 0 bridgehead atoms. The fourth-order valence-electron chi connectivity index (χ4n) is 4.01. The summed E-state index contributed by atoms with van der Waals surface area (Å²) in [6.45, 7) is 8.40. The van der Waals surface area contributed by atoms with Crippen LogP contribution in [0.3, 0.4) is 0 Å². The summed E-state index contributed by atoms with van der Waals surface area (Å²) >= 11 is 0. The van der Waals surface area contributed by atoms with E-state index in [0.717, 1.165) is 11.5 Å². The molecule has 3 amide bonds. The highest BCUT2D eigenvalue weighted by atomic mass is 16.2. The molecule has 1 saturated heterocycles. The number of aryl methyl sites for hydroxylation is 1. The van der Waals surface area contributed by atoms with Gasteiger partial charge in [-0.25, -0.2) is 4.98 Å². The third-order valence-corrected chi connectivity index (χ3v) is 5.89. The Morgan fingerprint density at radius 2 is 1.89 bits per heavy atom. The van der Waals surface area contributed by atoms with Gasteiger partial charge in [0.1, 0.15) is 11.9 Å². The van der Waals surface area contributed by atoms with Gasteiger partial charge in [0.2, 0.25) is 17.7 Å². The van der Waals surface area contributed by atoms with Crippen molar-refractivity contribution in [3.63, 3.8) is 0 Å². The van der Waals surface area contributed by atoms with Gasteiger partial charge in [-0.1, -0.05) is 18.7 Å². The molecule has 3 heterocycles. The molecule has 186 valence electrons. The van der Waals surface area contributed by atoms with E-state index in [2.05, 4.69) is 32.1 Å². The lowest BCUT2D eigenvalue weighted by Gasteiger charge is -2.37. The number of hydrogen-bond acceptors (Lipinski definition) is 6. The quantitative estimate of drug-likeness (QED) is 0.376. The molecule has 9 nitrogen and oxygen atoms in total. The second-order valence-electron chi connectivity index (χ2n) is 8.56. The Balaban J connectivity index is 1.57. The van der Waals surface area contributed by atoms with Crippen LogP contribution in [0.4, 0.5) is 5.82 Å². The van der Waals surface area contributed by atoms with Crippen molar-refractivity contribution in [1.82, 2.24) is 25.5 Å². The van der Waals surface area contributed by atoms with Crippen LogP contribution in [0.15, 0.2) is 55.3 Å². The smallest absolute Gasteiger partial charge is 0.245 e. The van der Waals surface area contributed by atoms with Crippen molar-refractivity contribution in [3.05, 3.63) is 66.6 Å². The Hall–Kier alpha value is -3.75. The molecule has 0 aliphatic carbocycles. The van der Waals surface area contributed by atoms with Crippen molar-refractivity contribution in [1.29, 1.82) is 0 Å². The zero-order valence-electron chi connectivity index (χ0n) is 20.3. The molecular formula is C26H34N6O3. The van der Waals surface area contributed by atoms with Crippen LogP contribution in [0.1, 0.15) is 30.7 Å². The van der Waals surface area contributed by atoms with Gasteiger partial charge in [0.15, 0.2) is 0 Å². The zero-order chi connectivity index (χ0) is 25.0. The molecule has 1 aliphatic rings. The number of nitrogens with one attached hydrogen (secondary N) is 2. The predicted molar refractivity (Wildman–Crippen MR) is 135 cm³/mol. The summed E-state index contributed by atoms with van der Waals surface area (Å²) in [5.41, 5.74) is 1.61. The van der Waals surface area contributed by atoms with Crippen LogP contribution in [0.2, 0.25) is 0 Å². The molecule has 3 rings (SSSR count). The van der Waals surface area contributed by atoms with Gasteiger partial charge < -0.3 is 20.4 Å². The largest absolute Gasteiger partial charge is 0.353 e. The number of rotatable bonds is 11. The Bertz CT molecular complexity index is 1010. The predicted octanol–water partition coefficient (Wildman–Crippen LogP) is 1.63. The Morgan fingerprint density at radius 3 is 2.57 bits per heavy atom. The highest BCUT2D eigenvalue weighted by Gasteiger charge is 2.29. The minimum absolute atomic E-state index is 0.0775. The molecule has 1 unspecified atom stereocenters. The van der Waals surface area contributed by atoms with Gasteiger partial charge in [-0.05, 0) is 56.5 Å². The first-order chi connectivity index (χ1) is 17.0. The molecular weight excluding hydrogens is 444 g/mol. The summed E-state index contributed by atoms with van der Waals surface area (Å²) in [4.78, 5) is 50.2. The third kappa shape index (κ3) is 8.20. The van der Waals surface area contributed by atoms with E-state index in [1.165, 1.54) is 6.08 Å². The van der Waals surface area contributed by atoms with E-state index < -0.39 is 6.04 Å². The number of amides is 3. The van der Waals surface area contributed by atoms with Crippen molar-refractivity contribution in [2.24, 2.45) is 0 Å². The lowest BCUT2D eigenvalue weighted by Crippen LogP contribution is -2.55.